The van der Waals surface area contributed by atoms with Gasteiger partial charge in [0.1, 0.15) is 0 Å². The molecule has 0 aliphatic carbocycles. The van der Waals surface area contributed by atoms with Crippen molar-refractivity contribution in [3.8, 4) is 0 Å². The van der Waals surface area contributed by atoms with E-state index in [4.69, 9.17) is 11.6 Å². The van der Waals surface area contributed by atoms with Gasteiger partial charge < -0.3 is 4.57 Å². The van der Waals surface area contributed by atoms with Crippen molar-refractivity contribution in [3.63, 3.8) is 0 Å². The van der Waals surface area contributed by atoms with E-state index >= 15 is 0 Å². The lowest BCUT2D eigenvalue weighted by Gasteiger charge is -2.15. The van der Waals surface area contributed by atoms with Crippen molar-refractivity contribution in [3.05, 3.63) is 35.0 Å². The zero-order valence-electron chi connectivity index (χ0n) is 10.1. The van der Waals surface area contributed by atoms with Crippen molar-refractivity contribution < 1.29 is 0 Å². The maximum Gasteiger partial charge on any atom is 0.0495 e. The number of benzene rings is 1. The van der Waals surface area contributed by atoms with E-state index in [2.05, 4.69) is 28.6 Å². The van der Waals surface area contributed by atoms with E-state index in [1.54, 1.807) is 0 Å². The number of aryl methyl sites for hydroxylation is 1. The molecule has 2 heterocycles. The van der Waals surface area contributed by atoms with Gasteiger partial charge in [-0.3, -0.25) is 4.90 Å². The van der Waals surface area contributed by atoms with Gasteiger partial charge in [0.15, 0.2) is 0 Å². The highest BCUT2D eigenvalue weighted by molar-refractivity contribution is 6.31. The Balaban J connectivity index is 1.96. The molecule has 1 fully saturated rings. The molecule has 1 aromatic heterocycles. The Kier molecular flexibility index (Phi) is 2.85. The van der Waals surface area contributed by atoms with Gasteiger partial charge in [-0.2, -0.15) is 0 Å². The molecule has 2 nitrogen and oxygen atoms in total. The van der Waals surface area contributed by atoms with Gasteiger partial charge in [-0.05, 0) is 49.5 Å². The summed E-state index contributed by atoms with van der Waals surface area (Å²) in [5, 5.41) is 2.09. The lowest BCUT2D eigenvalue weighted by Crippen LogP contribution is -2.19. The van der Waals surface area contributed by atoms with Crippen LogP contribution in [0.25, 0.3) is 10.9 Å². The summed E-state index contributed by atoms with van der Waals surface area (Å²) >= 11 is 6.05. The first kappa shape index (κ1) is 11.1. The fourth-order valence-corrected chi connectivity index (χ4v) is 2.85. The largest absolute Gasteiger partial charge is 0.346 e. The molecule has 3 rings (SSSR count). The lowest BCUT2D eigenvalue weighted by molar-refractivity contribution is 0.324. The van der Waals surface area contributed by atoms with Gasteiger partial charge in [-0.15, -0.1) is 0 Å². The van der Waals surface area contributed by atoms with Crippen molar-refractivity contribution in [2.45, 2.75) is 19.4 Å². The minimum atomic E-state index is 0.812. The second-order valence-corrected chi connectivity index (χ2v) is 5.32. The zero-order chi connectivity index (χ0) is 11.8. The zero-order valence-corrected chi connectivity index (χ0v) is 10.9. The molecule has 2 aromatic rings. The third kappa shape index (κ3) is 2.07. The predicted octanol–water partition coefficient (Wildman–Crippen LogP) is 3.43. The van der Waals surface area contributed by atoms with Crippen molar-refractivity contribution in [1.29, 1.82) is 0 Å². The van der Waals surface area contributed by atoms with Gasteiger partial charge in [-0.1, -0.05) is 17.7 Å². The maximum atomic E-state index is 6.05. The Bertz CT molecular complexity index is 538. The maximum absolute atomic E-state index is 6.05. The van der Waals surface area contributed by atoms with Gasteiger partial charge in [0.2, 0.25) is 0 Å². The average molecular weight is 249 g/mol. The predicted molar refractivity (Wildman–Crippen MR) is 72.4 cm³/mol. The van der Waals surface area contributed by atoms with Gasteiger partial charge >= 0.3 is 0 Å². The Morgan fingerprint density at radius 1 is 1.18 bits per heavy atom. The van der Waals surface area contributed by atoms with Crippen LogP contribution in [0.2, 0.25) is 5.02 Å². The molecule has 0 bridgehead atoms. The molecule has 0 saturated carbocycles. The molecular weight excluding hydrogens is 232 g/mol. The first-order valence-electron chi connectivity index (χ1n) is 6.20. The Labute approximate surface area is 107 Å². The van der Waals surface area contributed by atoms with Crippen LogP contribution in [0, 0.1) is 0 Å². The fourth-order valence-electron chi connectivity index (χ4n) is 2.68. The Morgan fingerprint density at radius 3 is 2.71 bits per heavy atom. The molecule has 0 unspecified atom stereocenters. The molecule has 0 radical (unpaired) electrons. The van der Waals surface area contributed by atoms with Gasteiger partial charge in [0.05, 0.1) is 0 Å². The standard InChI is InChI=1S/C14H17ClN2/c1-16-13(10-17-6-2-3-7-17)8-11-4-5-12(15)9-14(11)16/h4-5,8-9H,2-3,6-7,10H2,1H3. The molecule has 0 amide bonds. The molecule has 1 aromatic carbocycles. The molecule has 3 heteroatoms. The van der Waals surface area contributed by atoms with Crippen molar-refractivity contribution >= 4 is 22.5 Å². The third-order valence-corrected chi connectivity index (χ3v) is 3.93. The Hall–Kier alpha value is -0.990. The summed E-state index contributed by atoms with van der Waals surface area (Å²) in [6.45, 7) is 3.54. The summed E-state index contributed by atoms with van der Waals surface area (Å²) < 4.78 is 2.26. The molecular formula is C14H17ClN2. The number of hydrogen-bond acceptors (Lipinski definition) is 1. The second kappa shape index (κ2) is 4.35. The van der Waals surface area contributed by atoms with Gasteiger partial charge in [0, 0.05) is 29.8 Å². The van der Waals surface area contributed by atoms with Crippen LogP contribution in [0.3, 0.4) is 0 Å². The highest BCUT2D eigenvalue weighted by Crippen LogP contribution is 2.24. The van der Waals surface area contributed by atoms with Crippen LogP contribution >= 0.6 is 11.6 Å². The van der Waals surface area contributed by atoms with E-state index in [1.165, 1.54) is 42.5 Å². The topological polar surface area (TPSA) is 8.17 Å². The summed E-state index contributed by atoms with van der Waals surface area (Å²) in [4.78, 5) is 2.52. The second-order valence-electron chi connectivity index (χ2n) is 4.88. The molecule has 1 aliphatic rings. The van der Waals surface area contributed by atoms with Crippen molar-refractivity contribution in [1.82, 2.24) is 9.47 Å². The van der Waals surface area contributed by atoms with E-state index in [1.807, 2.05) is 12.1 Å². The third-order valence-electron chi connectivity index (χ3n) is 3.69. The van der Waals surface area contributed by atoms with E-state index in [0.29, 0.717) is 0 Å². The minimum absolute atomic E-state index is 0.812. The summed E-state index contributed by atoms with van der Waals surface area (Å²) in [5.74, 6) is 0. The van der Waals surface area contributed by atoms with Gasteiger partial charge in [-0.25, -0.2) is 0 Å². The van der Waals surface area contributed by atoms with Crippen LogP contribution < -0.4 is 0 Å². The number of hydrogen-bond donors (Lipinski definition) is 0. The van der Waals surface area contributed by atoms with E-state index in [9.17, 15) is 0 Å². The van der Waals surface area contributed by atoms with E-state index in [0.717, 1.165) is 11.6 Å². The number of likely N-dealkylation sites (tertiary alicyclic amines) is 1. The van der Waals surface area contributed by atoms with Crippen molar-refractivity contribution in [2.24, 2.45) is 7.05 Å². The number of nitrogens with zero attached hydrogens (tertiary/aromatic N) is 2. The smallest absolute Gasteiger partial charge is 0.0495 e. The lowest BCUT2D eigenvalue weighted by atomic mass is 10.2. The summed E-state index contributed by atoms with van der Waals surface area (Å²) in [6, 6.07) is 8.39. The summed E-state index contributed by atoms with van der Waals surface area (Å²) in [7, 11) is 2.13. The van der Waals surface area contributed by atoms with E-state index < -0.39 is 0 Å². The van der Waals surface area contributed by atoms with Gasteiger partial charge in [0.25, 0.3) is 0 Å². The molecule has 17 heavy (non-hydrogen) atoms. The molecule has 1 saturated heterocycles. The average Bonchev–Trinajstić information content (AvgIpc) is 2.91. The van der Waals surface area contributed by atoms with Crippen LogP contribution in [0.5, 0.6) is 0 Å². The highest BCUT2D eigenvalue weighted by atomic mass is 35.5. The number of aromatic nitrogens is 1. The van der Waals surface area contributed by atoms with E-state index in [-0.39, 0.29) is 0 Å². The number of halogens is 1. The summed E-state index contributed by atoms with van der Waals surface area (Å²) in [5.41, 5.74) is 2.61. The number of rotatable bonds is 2. The monoisotopic (exact) mass is 248 g/mol. The fraction of sp³-hybridized carbons (Fsp3) is 0.429. The first-order chi connectivity index (χ1) is 8.24. The SMILES string of the molecule is Cn1c(CN2CCCC2)cc2ccc(Cl)cc21. The van der Waals surface area contributed by atoms with Crippen LogP contribution in [0.1, 0.15) is 18.5 Å². The van der Waals surface area contributed by atoms with Crippen LogP contribution in [-0.4, -0.2) is 22.6 Å². The highest BCUT2D eigenvalue weighted by Gasteiger charge is 2.14. The summed E-state index contributed by atoms with van der Waals surface area (Å²) in [6.07, 6.45) is 2.69. The molecule has 1 aliphatic heterocycles. The molecule has 90 valence electrons. The quantitative estimate of drug-likeness (QED) is 0.791. The first-order valence-corrected chi connectivity index (χ1v) is 6.58. The van der Waals surface area contributed by atoms with Crippen molar-refractivity contribution in [2.75, 3.05) is 13.1 Å². The molecule has 0 N–H and O–H groups in total. The number of fused-ring (bicyclic) bond motifs is 1. The van der Waals surface area contributed by atoms with Crippen LogP contribution in [-0.2, 0) is 13.6 Å². The normalized spacial score (nSPS) is 17.1. The van der Waals surface area contributed by atoms with Crippen LogP contribution in [0.15, 0.2) is 24.3 Å². The molecule has 0 atom stereocenters. The molecule has 0 spiro atoms. The minimum Gasteiger partial charge on any atom is -0.346 e. The van der Waals surface area contributed by atoms with Crippen LogP contribution in [0.4, 0.5) is 0 Å². The Morgan fingerprint density at radius 2 is 1.94 bits per heavy atom.